The van der Waals surface area contributed by atoms with E-state index in [0.717, 1.165) is 39.0 Å². The van der Waals surface area contributed by atoms with Crippen molar-refractivity contribution < 1.29 is 9.53 Å². The Kier molecular flexibility index (Phi) is 7.66. The molecule has 0 aromatic heterocycles. The van der Waals surface area contributed by atoms with E-state index in [1.54, 1.807) is 0 Å². The first kappa shape index (κ1) is 20.9. The van der Waals surface area contributed by atoms with E-state index in [2.05, 4.69) is 69.3 Å². The number of benzene rings is 1. The molecule has 2 atom stereocenters. The van der Waals surface area contributed by atoms with Crippen LogP contribution in [0.15, 0.2) is 24.3 Å². The minimum atomic E-state index is -0.103. The number of hydrogen-bond donors (Lipinski definition) is 1. The van der Waals surface area contributed by atoms with E-state index >= 15 is 0 Å². The molecule has 1 saturated heterocycles. The van der Waals surface area contributed by atoms with Crippen molar-refractivity contribution in [1.29, 1.82) is 0 Å². The van der Waals surface area contributed by atoms with Crippen LogP contribution >= 0.6 is 0 Å². The first-order valence-corrected chi connectivity index (χ1v) is 9.89. The summed E-state index contributed by atoms with van der Waals surface area (Å²) in [5.41, 5.74) is 2.43. The van der Waals surface area contributed by atoms with Gasteiger partial charge in [-0.25, -0.2) is 0 Å². The number of nitrogens with one attached hydrogen (secondary N) is 1. The fourth-order valence-corrected chi connectivity index (χ4v) is 3.89. The summed E-state index contributed by atoms with van der Waals surface area (Å²) in [5.74, 6) is 0.903. The number of aryl methyl sites for hydroxylation is 1. The standard InChI is InChI=1S/C22H36N2O2/c1-17-7-9-18(10-8-17)20(19-11-14-26-22(2,3)16-19)15-21(25)23-12-6-13-24(4)5/h7-10,19-20H,6,11-16H2,1-5H3,(H,23,25)/t19-,20+/m1/s1. The topological polar surface area (TPSA) is 41.6 Å². The highest BCUT2D eigenvalue weighted by Gasteiger charge is 2.35. The lowest BCUT2D eigenvalue weighted by Crippen LogP contribution is -2.37. The molecule has 0 spiro atoms. The van der Waals surface area contributed by atoms with Crippen molar-refractivity contribution in [2.45, 2.75) is 58.0 Å². The second kappa shape index (κ2) is 9.52. The Balaban J connectivity index is 2.03. The molecule has 1 N–H and O–H groups in total. The molecule has 146 valence electrons. The van der Waals surface area contributed by atoms with Gasteiger partial charge >= 0.3 is 0 Å². The molecule has 1 aromatic rings. The van der Waals surface area contributed by atoms with Gasteiger partial charge in [0.25, 0.3) is 0 Å². The molecule has 0 saturated carbocycles. The van der Waals surface area contributed by atoms with E-state index in [1.165, 1.54) is 11.1 Å². The first-order chi connectivity index (χ1) is 12.3. The van der Waals surface area contributed by atoms with Crippen LogP contribution < -0.4 is 5.32 Å². The van der Waals surface area contributed by atoms with Crippen molar-refractivity contribution in [3.05, 3.63) is 35.4 Å². The van der Waals surface area contributed by atoms with Crippen LogP contribution in [0, 0.1) is 12.8 Å². The zero-order valence-corrected chi connectivity index (χ0v) is 17.2. The van der Waals surface area contributed by atoms with Gasteiger partial charge in [-0.15, -0.1) is 0 Å². The van der Waals surface area contributed by atoms with E-state index < -0.39 is 0 Å². The Hall–Kier alpha value is -1.39. The Morgan fingerprint density at radius 2 is 2.00 bits per heavy atom. The molecule has 1 aromatic carbocycles. The summed E-state index contributed by atoms with van der Waals surface area (Å²) in [7, 11) is 4.12. The highest BCUT2D eigenvalue weighted by atomic mass is 16.5. The number of rotatable bonds is 8. The third-order valence-corrected chi connectivity index (χ3v) is 5.32. The second-order valence-corrected chi connectivity index (χ2v) is 8.59. The summed E-state index contributed by atoms with van der Waals surface area (Å²) in [5, 5.41) is 3.11. The third-order valence-electron chi connectivity index (χ3n) is 5.32. The molecule has 0 radical (unpaired) electrons. The SMILES string of the molecule is Cc1ccc([C@H](CC(=O)NCCCN(C)C)[C@@H]2CCOC(C)(C)C2)cc1. The minimum absolute atomic E-state index is 0.103. The molecule has 0 aliphatic carbocycles. The monoisotopic (exact) mass is 360 g/mol. The number of carbonyl (C=O) groups is 1. The highest BCUT2D eigenvalue weighted by molar-refractivity contribution is 5.76. The van der Waals surface area contributed by atoms with E-state index in [4.69, 9.17) is 4.74 Å². The molecular formula is C22H36N2O2. The van der Waals surface area contributed by atoms with Gasteiger partial charge in [-0.05, 0) is 78.1 Å². The number of carbonyl (C=O) groups excluding carboxylic acids is 1. The predicted molar refractivity (Wildman–Crippen MR) is 107 cm³/mol. The average Bonchev–Trinajstić information content (AvgIpc) is 2.56. The molecule has 2 rings (SSSR count). The molecule has 26 heavy (non-hydrogen) atoms. The van der Waals surface area contributed by atoms with Gasteiger partial charge in [0.2, 0.25) is 5.91 Å². The predicted octanol–water partition coefficient (Wildman–Crippen LogP) is 3.74. The zero-order valence-electron chi connectivity index (χ0n) is 17.2. The summed E-state index contributed by atoms with van der Waals surface area (Å²) in [6.07, 6.45) is 3.57. The quantitative estimate of drug-likeness (QED) is 0.718. The number of ether oxygens (including phenoxy) is 1. The van der Waals surface area contributed by atoms with Gasteiger partial charge in [-0.2, -0.15) is 0 Å². The summed E-state index contributed by atoms with van der Waals surface area (Å²) in [4.78, 5) is 14.7. The summed E-state index contributed by atoms with van der Waals surface area (Å²) >= 11 is 0. The summed E-state index contributed by atoms with van der Waals surface area (Å²) < 4.78 is 5.90. The summed E-state index contributed by atoms with van der Waals surface area (Å²) in [6, 6.07) is 8.70. The van der Waals surface area contributed by atoms with Crippen molar-refractivity contribution in [3.8, 4) is 0 Å². The van der Waals surface area contributed by atoms with E-state index in [1.807, 2.05) is 0 Å². The fraction of sp³-hybridized carbons (Fsp3) is 0.682. The van der Waals surface area contributed by atoms with Crippen LogP contribution in [-0.2, 0) is 9.53 Å². The maximum absolute atomic E-state index is 12.6. The van der Waals surface area contributed by atoms with E-state index in [9.17, 15) is 4.79 Å². The van der Waals surface area contributed by atoms with Gasteiger partial charge in [0.15, 0.2) is 0 Å². The van der Waals surface area contributed by atoms with Crippen LogP contribution in [0.25, 0.3) is 0 Å². The molecular weight excluding hydrogens is 324 g/mol. The Morgan fingerprint density at radius 3 is 2.62 bits per heavy atom. The van der Waals surface area contributed by atoms with E-state index in [0.29, 0.717) is 12.3 Å². The molecule has 4 heteroatoms. The molecule has 1 aliphatic rings. The van der Waals surface area contributed by atoms with Gasteiger partial charge < -0.3 is 15.0 Å². The normalized spacial score (nSPS) is 20.8. The van der Waals surface area contributed by atoms with Crippen molar-refractivity contribution >= 4 is 5.91 Å². The van der Waals surface area contributed by atoms with Crippen LogP contribution in [0.1, 0.15) is 56.6 Å². The fourth-order valence-electron chi connectivity index (χ4n) is 3.89. The molecule has 1 heterocycles. The Morgan fingerprint density at radius 1 is 1.31 bits per heavy atom. The maximum atomic E-state index is 12.6. The maximum Gasteiger partial charge on any atom is 0.220 e. The van der Waals surface area contributed by atoms with Crippen molar-refractivity contribution in [2.24, 2.45) is 5.92 Å². The van der Waals surface area contributed by atoms with Crippen LogP contribution in [0.4, 0.5) is 0 Å². The van der Waals surface area contributed by atoms with Crippen LogP contribution in [0.2, 0.25) is 0 Å². The van der Waals surface area contributed by atoms with Crippen LogP contribution in [0.3, 0.4) is 0 Å². The smallest absolute Gasteiger partial charge is 0.220 e. The van der Waals surface area contributed by atoms with Crippen LogP contribution in [-0.4, -0.2) is 50.2 Å². The number of nitrogens with zero attached hydrogens (tertiary/aromatic N) is 1. The summed E-state index contributed by atoms with van der Waals surface area (Å²) in [6.45, 7) is 8.95. The van der Waals surface area contributed by atoms with Crippen molar-refractivity contribution in [1.82, 2.24) is 10.2 Å². The first-order valence-electron chi connectivity index (χ1n) is 9.89. The Labute approximate surface area is 159 Å². The minimum Gasteiger partial charge on any atom is -0.376 e. The number of hydrogen-bond acceptors (Lipinski definition) is 3. The van der Waals surface area contributed by atoms with Gasteiger partial charge in [-0.1, -0.05) is 29.8 Å². The lowest BCUT2D eigenvalue weighted by Gasteiger charge is -2.39. The molecule has 0 bridgehead atoms. The lowest BCUT2D eigenvalue weighted by atomic mass is 9.75. The van der Waals surface area contributed by atoms with Gasteiger partial charge in [-0.3, -0.25) is 4.79 Å². The largest absolute Gasteiger partial charge is 0.376 e. The lowest BCUT2D eigenvalue weighted by molar-refractivity contribution is -0.123. The average molecular weight is 361 g/mol. The van der Waals surface area contributed by atoms with Crippen molar-refractivity contribution in [2.75, 3.05) is 33.8 Å². The van der Waals surface area contributed by atoms with Crippen LogP contribution in [0.5, 0.6) is 0 Å². The molecule has 1 amide bonds. The molecule has 1 aliphatic heterocycles. The third kappa shape index (κ3) is 6.73. The van der Waals surface area contributed by atoms with E-state index in [-0.39, 0.29) is 17.4 Å². The van der Waals surface area contributed by atoms with Gasteiger partial charge in [0.1, 0.15) is 0 Å². The van der Waals surface area contributed by atoms with Gasteiger partial charge in [0.05, 0.1) is 5.60 Å². The molecule has 0 unspecified atom stereocenters. The molecule has 1 fully saturated rings. The Bertz CT molecular complexity index is 566. The number of amides is 1. The second-order valence-electron chi connectivity index (χ2n) is 8.59. The molecule has 4 nitrogen and oxygen atoms in total. The zero-order chi connectivity index (χ0) is 19.2. The van der Waals surface area contributed by atoms with Gasteiger partial charge in [0, 0.05) is 19.6 Å². The highest BCUT2D eigenvalue weighted by Crippen LogP contribution is 2.40. The van der Waals surface area contributed by atoms with Crippen molar-refractivity contribution in [3.63, 3.8) is 0 Å².